The maximum absolute atomic E-state index is 12.4. The van der Waals surface area contributed by atoms with Gasteiger partial charge in [-0.2, -0.15) is 0 Å². The number of hydrogen-bond donors (Lipinski definition) is 2. The summed E-state index contributed by atoms with van der Waals surface area (Å²) >= 11 is 1.31. The summed E-state index contributed by atoms with van der Waals surface area (Å²) < 4.78 is 5.15. The number of anilines is 1. The maximum atomic E-state index is 12.4. The highest BCUT2D eigenvalue weighted by atomic mass is 32.2. The van der Waals surface area contributed by atoms with Gasteiger partial charge >= 0.3 is 0 Å². The van der Waals surface area contributed by atoms with Crippen LogP contribution in [0, 0.1) is 6.92 Å². The zero-order valence-corrected chi connectivity index (χ0v) is 15.6. The summed E-state index contributed by atoms with van der Waals surface area (Å²) in [5.41, 5.74) is 2.79. The third kappa shape index (κ3) is 4.43. The Hall–Kier alpha value is -2.80. The Bertz CT molecular complexity index is 893. The second kappa shape index (κ2) is 8.05. The molecule has 0 bridgehead atoms. The van der Waals surface area contributed by atoms with Gasteiger partial charge in [0, 0.05) is 11.3 Å². The van der Waals surface area contributed by atoms with Gasteiger partial charge < -0.3 is 10.1 Å². The maximum Gasteiger partial charge on any atom is 0.237 e. The van der Waals surface area contributed by atoms with Crippen LogP contribution in [0.4, 0.5) is 5.69 Å². The van der Waals surface area contributed by atoms with Crippen molar-refractivity contribution >= 4 is 23.4 Å². The number of aryl methyl sites for hydroxylation is 1. The molecule has 0 unspecified atom stereocenters. The Labute approximate surface area is 156 Å². The third-order valence-electron chi connectivity index (χ3n) is 3.77. The van der Waals surface area contributed by atoms with Crippen LogP contribution in [0.25, 0.3) is 11.4 Å². The number of carbonyl (C=O) groups excluding carboxylic acids is 1. The van der Waals surface area contributed by atoms with Crippen LogP contribution in [0.2, 0.25) is 0 Å². The smallest absolute Gasteiger partial charge is 0.237 e. The average molecular weight is 368 g/mol. The molecule has 3 rings (SSSR count). The Morgan fingerprint density at radius 3 is 2.69 bits per heavy atom. The van der Waals surface area contributed by atoms with Gasteiger partial charge in [0.2, 0.25) is 11.1 Å². The number of hydrogen-bond acceptors (Lipinski definition) is 5. The quantitative estimate of drug-likeness (QED) is 0.645. The van der Waals surface area contributed by atoms with Crippen LogP contribution in [0.3, 0.4) is 0 Å². The molecule has 1 amide bonds. The number of aromatic amines is 1. The molecular formula is C19H20N4O2S. The van der Waals surface area contributed by atoms with Crippen molar-refractivity contribution in [3.8, 4) is 17.1 Å². The van der Waals surface area contributed by atoms with Crippen LogP contribution in [0.1, 0.15) is 12.5 Å². The highest BCUT2D eigenvalue weighted by Crippen LogP contribution is 2.24. The highest BCUT2D eigenvalue weighted by molar-refractivity contribution is 8.00. The Morgan fingerprint density at radius 1 is 1.23 bits per heavy atom. The Kier molecular flexibility index (Phi) is 5.58. The molecule has 3 aromatic rings. The number of carbonyl (C=O) groups is 1. The lowest BCUT2D eigenvalue weighted by Gasteiger charge is -2.10. The first-order valence-corrected chi connectivity index (χ1v) is 9.04. The van der Waals surface area contributed by atoms with E-state index >= 15 is 0 Å². The number of thioether (sulfide) groups is 1. The fourth-order valence-electron chi connectivity index (χ4n) is 2.36. The predicted octanol–water partition coefficient (Wildman–Crippen LogP) is 3.91. The molecule has 6 nitrogen and oxygen atoms in total. The van der Waals surface area contributed by atoms with E-state index in [0.717, 1.165) is 22.6 Å². The number of methoxy groups -OCH3 is 1. The number of nitrogens with one attached hydrogen (secondary N) is 2. The van der Waals surface area contributed by atoms with Crippen LogP contribution >= 0.6 is 11.8 Å². The van der Waals surface area contributed by atoms with Gasteiger partial charge in [-0.05, 0) is 55.8 Å². The van der Waals surface area contributed by atoms with E-state index in [2.05, 4.69) is 20.5 Å². The molecular weight excluding hydrogens is 348 g/mol. The number of nitrogens with zero attached hydrogens (tertiary/aromatic N) is 2. The molecule has 0 saturated carbocycles. The summed E-state index contributed by atoms with van der Waals surface area (Å²) in [6.07, 6.45) is 0. The zero-order chi connectivity index (χ0) is 18.5. The molecule has 0 fully saturated rings. The number of ether oxygens (including phenoxy) is 1. The van der Waals surface area contributed by atoms with E-state index in [1.165, 1.54) is 11.8 Å². The SMILES string of the molecule is COc1ccc(-c2nc(S[C@@H](C)C(=O)Nc3cccc(C)c3)n[nH]2)cc1. The van der Waals surface area contributed by atoms with Crippen molar-refractivity contribution in [2.45, 2.75) is 24.3 Å². The van der Waals surface area contributed by atoms with E-state index in [0.29, 0.717) is 11.0 Å². The molecule has 0 aliphatic heterocycles. The molecule has 26 heavy (non-hydrogen) atoms. The van der Waals surface area contributed by atoms with Crippen molar-refractivity contribution in [3.05, 3.63) is 54.1 Å². The monoisotopic (exact) mass is 368 g/mol. The lowest BCUT2D eigenvalue weighted by Crippen LogP contribution is -2.22. The summed E-state index contributed by atoms with van der Waals surface area (Å²) in [6.45, 7) is 3.82. The Balaban J connectivity index is 1.63. The van der Waals surface area contributed by atoms with E-state index in [1.54, 1.807) is 7.11 Å². The standard InChI is InChI=1S/C19H20N4O2S/c1-12-5-4-6-15(11-12)20-18(24)13(2)26-19-21-17(22-23-19)14-7-9-16(25-3)10-8-14/h4-11,13H,1-3H3,(H,20,24)(H,21,22,23)/t13-/m0/s1. The second-order valence-electron chi connectivity index (χ2n) is 5.81. The van der Waals surface area contributed by atoms with Crippen LogP contribution in [-0.4, -0.2) is 33.4 Å². The van der Waals surface area contributed by atoms with E-state index in [9.17, 15) is 4.79 Å². The number of benzene rings is 2. The second-order valence-corrected chi connectivity index (χ2v) is 7.12. The molecule has 1 heterocycles. The number of amides is 1. The average Bonchev–Trinajstić information content (AvgIpc) is 3.10. The van der Waals surface area contributed by atoms with Gasteiger partial charge in [0.15, 0.2) is 5.82 Å². The fraction of sp³-hybridized carbons (Fsp3) is 0.211. The Morgan fingerprint density at radius 2 is 2.00 bits per heavy atom. The minimum Gasteiger partial charge on any atom is -0.497 e. The van der Waals surface area contributed by atoms with Crippen LogP contribution in [-0.2, 0) is 4.79 Å². The van der Waals surface area contributed by atoms with E-state index < -0.39 is 0 Å². The van der Waals surface area contributed by atoms with Crippen LogP contribution < -0.4 is 10.1 Å². The van der Waals surface area contributed by atoms with Gasteiger partial charge in [-0.15, -0.1) is 5.10 Å². The summed E-state index contributed by atoms with van der Waals surface area (Å²) in [4.78, 5) is 16.8. The molecule has 2 aromatic carbocycles. The highest BCUT2D eigenvalue weighted by Gasteiger charge is 2.17. The lowest BCUT2D eigenvalue weighted by atomic mass is 10.2. The third-order valence-corrected chi connectivity index (χ3v) is 4.73. The van der Waals surface area contributed by atoms with Gasteiger partial charge in [0.05, 0.1) is 12.4 Å². The predicted molar refractivity (Wildman–Crippen MR) is 103 cm³/mol. The van der Waals surface area contributed by atoms with Crippen molar-refractivity contribution in [1.29, 1.82) is 0 Å². The molecule has 0 saturated heterocycles. The molecule has 1 aromatic heterocycles. The molecule has 0 spiro atoms. The summed E-state index contributed by atoms with van der Waals surface area (Å²) in [6, 6.07) is 15.2. The van der Waals surface area contributed by atoms with Crippen molar-refractivity contribution in [3.63, 3.8) is 0 Å². The van der Waals surface area contributed by atoms with Crippen molar-refractivity contribution < 1.29 is 9.53 Å². The molecule has 0 aliphatic carbocycles. The van der Waals surface area contributed by atoms with Crippen molar-refractivity contribution in [2.24, 2.45) is 0 Å². The molecule has 0 aliphatic rings. The number of aromatic nitrogens is 3. The largest absolute Gasteiger partial charge is 0.497 e. The first-order valence-electron chi connectivity index (χ1n) is 8.16. The number of H-pyrrole nitrogens is 1. The van der Waals surface area contributed by atoms with E-state index in [-0.39, 0.29) is 11.2 Å². The fourth-order valence-corrected chi connectivity index (χ4v) is 3.08. The topological polar surface area (TPSA) is 79.9 Å². The van der Waals surface area contributed by atoms with E-state index in [4.69, 9.17) is 4.74 Å². The van der Waals surface area contributed by atoms with Crippen molar-refractivity contribution in [1.82, 2.24) is 15.2 Å². The molecule has 1 atom stereocenters. The minimum atomic E-state index is -0.324. The van der Waals surface area contributed by atoms with Crippen LogP contribution in [0.15, 0.2) is 53.7 Å². The lowest BCUT2D eigenvalue weighted by molar-refractivity contribution is -0.115. The minimum absolute atomic E-state index is 0.0867. The summed E-state index contributed by atoms with van der Waals surface area (Å²) in [5.74, 6) is 1.35. The van der Waals surface area contributed by atoms with Gasteiger partial charge in [-0.3, -0.25) is 9.89 Å². The van der Waals surface area contributed by atoms with Gasteiger partial charge in [0.25, 0.3) is 0 Å². The summed E-state index contributed by atoms with van der Waals surface area (Å²) in [5, 5.41) is 10.2. The molecule has 134 valence electrons. The van der Waals surface area contributed by atoms with E-state index in [1.807, 2.05) is 62.4 Å². The molecule has 0 radical (unpaired) electrons. The van der Waals surface area contributed by atoms with Gasteiger partial charge in [-0.1, -0.05) is 23.9 Å². The van der Waals surface area contributed by atoms with Gasteiger partial charge in [-0.25, -0.2) is 4.98 Å². The van der Waals surface area contributed by atoms with Gasteiger partial charge in [0.1, 0.15) is 5.75 Å². The normalized spacial score (nSPS) is 11.8. The summed E-state index contributed by atoms with van der Waals surface area (Å²) in [7, 11) is 1.63. The first-order chi connectivity index (χ1) is 12.5. The molecule has 7 heteroatoms. The van der Waals surface area contributed by atoms with Crippen LogP contribution in [0.5, 0.6) is 5.75 Å². The molecule has 2 N–H and O–H groups in total. The first kappa shape index (κ1) is 18.0. The number of rotatable bonds is 6. The zero-order valence-electron chi connectivity index (χ0n) is 14.8. The van der Waals surface area contributed by atoms with Crippen molar-refractivity contribution in [2.75, 3.05) is 12.4 Å².